The van der Waals surface area contributed by atoms with Crippen LogP contribution < -0.4 is 0 Å². The molecule has 2 aliphatic rings. The van der Waals surface area contributed by atoms with E-state index in [1.165, 1.54) is 6.42 Å². The highest BCUT2D eigenvalue weighted by atomic mass is 14.5. The number of allylic oxidation sites excluding steroid dienone is 2. The molecule has 1 saturated carbocycles. The largest absolute Gasteiger partial charge is 0.0845 e. The molecule has 0 heteroatoms. The molecule has 0 aromatic rings. The summed E-state index contributed by atoms with van der Waals surface area (Å²) in [6, 6.07) is 0. The van der Waals surface area contributed by atoms with Gasteiger partial charge in [0.1, 0.15) is 0 Å². The second kappa shape index (κ2) is 2.37. The summed E-state index contributed by atoms with van der Waals surface area (Å²) < 4.78 is 0. The molecule has 0 saturated heterocycles. The molecular formula is C12H20. The zero-order chi connectivity index (χ0) is 8.93. The highest BCUT2D eigenvalue weighted by Crippen LogP contribution is 2.58. The Kier molecular flexibility index (Phi) is 1.65. The topological polar surface area (TPSA) is 0 Å². The Balaban J connectivity index is 2.24. The van der Waals surface area contributed by atoms with Crippen LogP contribution in [0.15, 0.2) is 12.2 Å². The maximum absolute atomic E-state index is 2.47. The third kappa shape index (κ3) is 0.901. The van der Waals surface area contributed by atoms with Gasteiger partial charge in [-0.1, -0.05) is 39.8 Å². The zero-order valence-corrected chi connectivity index (χ0v) is 8.67. The molecule has 0 aromatic heterocycles. The molecule has 2 rings (SSSR count). The first kappa shape index (κ1) is 8.34. The van der Waals surface area contributed by atoms with E-state index < -0.39 is 0 Å². The molecule has 3 atom stereocenters. The predicted molar refractivity (Wildman–Crippen MR) is 52.8 cm³/mol. The molecule has 3 unspecified atom stereocenters. The van der Waals surface area contributed by atoms with Crippen LogP contribution in [0.5, 0.6) is 0 Å². The first-order valence-electron chi connectivity index (χ1n) is 5.22. The SMILES string of the molecule is CC(C)C1CC2C=CC1C2(C)C. The Morgan fingerprint density at radius 2 is 1.92 bits per heavy atom. The predicted octanol–water partition coefficient (Wildman–Crippen LogP) is 3.49. The van der Waals surface area contributed by atoms with Gasteiger partial charge in [0.15, 0.2) is 0 Å². The van der Waals surface area contributed by atoms with E-state index in [0.29, 0.717) is 5.41 Å². The molecule has 0 N–H and O–H groups in total. The molecule has 0 aromatic carbocycles. The van der Waals surface area contributed by atoms with Crippen LogP contribution in [0.4, 0.5) is 0 Å². The van der Waals surface area contributed by atoms with Gasteiger partial charge in [-0.25, -0.2) is 0 Å². The molecule has 0 heterocycles. The average Bonchev–Trinajstić information content (AvgIpc) is 2.40. The Morgan fingerprint density at radius 3 is 2.17 bits per heavy atom. The van der Waals surface area contributed by atoms with E-state index in [-0.39, 0.29) is 0 Å². The van der Waals surface area contributed by atoms with Crippen molar-refractivity contribution in [3.63, 3.8) is 0 Å². The zero-order valence-electron chi connectivity index (χ0n) is 8.67. The molecule has 0 aliphatic heterocycles. The van der Waals surface area contributed by atoms with E-state index in [0.717, 1.165) is 23.7 Å². The first-order valence-corrected chi connectivity index (χ1v) is 5.22. The number of hydrogen-bond donors (Lipinski definition) is 0. The van der Waals surface area contributed by atoms with E-state index in [2.05, 4.69) is 39.8 Å². The summed E-state index contributed by atoms with van der Waals surface area (Å²) in [6.45, 7) is 9.61. The summed E-state index contributed by atoms with van der Waals surface area (Å²) in [5, 5.41) is 0. The maximum atomic E-state index is 2.47. The summed E-state index contributed by atoms with van der Waals surface area (Å²) in [7, 11) is 0. The van der Waals surface area contributed by atoms with Gasteiger partial charge in [-0.2, -0.15) is 0 Å². The molecular weight excluding hydrogens is 144 g/mol. The van der Waals surface area contributed by atoms with E-state index >= 15 is 0 Å². The smallest absolute Gasteiger partial charge is 0.0145 e. The van der Waals surface area contributed by atoms with Gasteiger partial charge in [-0.3, -0.25) is 0 Å². The lowest BCUT2D eigenvalue weighted by Crippen LogP contribution is -2.22. The average molecular weight is 164 g/mol. The van der Waals surface area contributed by atoms with Gasteiger partial charge in [0.05, 0.1) is 0 Å². The van der Waals surface area contributed by atoms with Crippen molar-refractivity contribution in [1.82, 2.24) is 0 Å². The van der Waals surface area contributed by atoms with Crippen molar-refractivity contribution < 1.29 is 0 Å². The van der Waals surface area contributed by atoms with E-state index in [9.17, 15) is 0 Å². The summed E-state index contributed by atoms with van der Waals surface area (Å²) >= 11 is 0. The monoisotopic (exact) mass is 164 g/mol. The molecule has 2 bridgehead atoms. The van der Waals surface area contributed by atoms with Crippen molar-refractivity contribution in [3.8, 4) is 0 Å². The van der Waals surface area contributed by atoms with Gasteiger partial charge < -0.3 is 0 Å². The van der Waals surface area contributed by atoms with Crippen LogP contribution in [0.25, 0.3) is 0 Å². The highest BCUT2D eigenvalue weighted by molar-refractivity contribution is 5.18. The van der Waals surface area contributed by atoms with Crippen LogP contribution in [0.3, 0.4) is 0 Å². The summed E-state index contributed by atoms with van der Waals surface area (Å²) in [5.74, 6) is 3.55. The molecule has 0 amide bonds. The third-order valence-corrected chi connectivity index (χ3v) is 4.21. The lowest BCUT2D eigenvalue weighted by Gasteiger charge is -2.28. The molecule has 12 heavy (non-hydrogen) atoms. The second-order valence-corrected chi connectivity index (χ2v) is 5.48. The van der Waals surface area contributed by atoms with Gasteiger partial charge >= 0.3 is 0 Å². The maximum Gasteiger partial charge on any atom is -0.0145 e. The van der Waals surface area contributed by atoms with Crippen LogP contribution in [0.2, 0.25) is 0 Å². The fourth-order valence-corrected chi connectivity index (χ4v) is 3.20. The first-order chi connectivity index (χ1) is 5.53. The van der Waals surface area contributed by atoms with Crippen molar-refractivity contribution in [2.24, 2.45) is 29.1 Å². The van der Waals surface area contributed by atoms with Crippen LogP contribution in [0.1, 0.15) is 34.1 Å². The minimum Gasteiger partial charge on any atom is -0.0845 e. The molecule has 0 nitrogen and oxygen atoms in total. The Bertz CT molecular complexity index is 210. The summed E-state index contributed by atoms with van der Waals surface area (Å²) in [4.78, 5) is 0. The Morgan fingerprint density at radius 1 is 1.25 bits per heavy atom. The second-order valence-electron chi connectivity index (χ2n) is 5.48. The molecule has 1 fully saturated rings. The van der Waals surface area contributed by atoms with Gasteiger partial charge in [-0.05, 0) is 35.5 Å². The van der Waals surface area contributed by atoms with Crippen LogP contribution >= 0.6 is 0 Å². The van der Waals surface area contributed by atoms with E-state index in [4.69, 9.17) is 0 Å². The summed E-state index contributed by atoms with van der Waals surface area (Å²) in [5.41, 5.74) is 0.564. The van der Waals surface area contributed by atoms with Crippen LogP contribution in [-0.2, 0) is 0 Å². The molecule has 0 spiro atoms. The highest BCUT2D eigenvalue weighted by Gasteiger charge is 2.50. The van der Waals surface area contributed by atoms with Crippen molar-refractivity contribution in [2.45, 2.75) is 34.1 Å². The molecule has 0 radical (unpaired) electrons. The van der Waals surface area contributed by atoms with Crippen LogP contribution in [0, 0.1) is 29.1 Å². The molecule has 2 aliphatic carbocycles. The van der Waals surface area contributed by atoms with Crippen molar-refractivity contribution in [3.05, 3.63) is 12.2 Å². The van der Waals surface area contributed by atoms with Crippen molar-refractivity contribution in [2.75, 3.05) is 0 Å². The van der Waals surface area contributed by atoms with Crippen LogP contribution in [-0.4, -0.2) is 0 Å². The fraction of sp³-hybridized carbons (Fsp3) is 0.833. The Hall–Kier alpha value is -0.260. The summed E-state index contributed by atoms with van der Waals surface area (Å²) in [6.07, 6.45) is 6.36. The quantitative estimate of drug-likeness (QED) is 0.520. The Labute approximate surface area is 76.1 Å². The van der Waals surface area contributed by atoms with Gasteiger partial charge in [0.25, 0.3) is 0 Å². The van der Waals surface area contributed by atoms with Gasteiger partial charge in [0, 0.05) is 0 Å². The minimum absolute atomic E-state index is 0.564. The number of fused-ring (bicyclic) bond motifs is 2. The van der Waals surface area contributed by atoms with Crippen molar-refractivity contribution >= 4 is 0 Å². The minimum atomic E-state index is 0.564. The normalized spacial score (nSPS) is 42.9. The van der Waals surface area contributed by atoms with Gasteiger partial charge in [-0.15, -0.1) is 0 Å². The lowest BCUT2D eigenvalue weighted by molar-refractivity contribution is 0.233. The van der Waals surface area contributed by atoms with E-state index in [1.54, 1.807) is 0 Å². The fourth-order valence-electron chi connectivity index (χ4n) is 3.20. The van der Waals surface area contributed by atoms with E-state index in [1.807, 2.05) is 0 Å². The van der Waals surface area contributed by atoms with Gasteiger partial charge in [0.2, 0.25) is 0 Å². The lowest BCUT2D eigenvalue weighted by atomic mass is 9.77. The number of hydrogen-bond acceptors (Lipinski definition) is 0. The van der Waals surface area contributed by atoms with Crippen molar-refractivity contribution in [1.29, 1.82) is 0 Å². The third-order valence-electron chi connectivity index (χ3n) is 4.21. The standard InChI is InChI=1S/C12H20/c1-8(2)10-7-9-5-6-11(10)12(9,3)4/h5-6,8-11H,7H2,1-4H3. The molecule has 68 valence electrons. The number of rotatable bonds is 1.